The molecule has 29 heavy (non-hydrogen) atoms. The number of aliphatic hydroxyl groups excluding tert-OH is 1. The summed E-state index contributed by atoms with van der Waals surface area (Å²) in [5.41, 5.74) is 1.93. The van der Waals surface area contributed by atoms with Crippen molar-refractivity contribution in [3.05, 3.63) is 71.3 Å². The maximum atomic E-state index is 12.8. The van der Waals surface area contributed by atoms with Crippen LogP contribution in [0.15, 0.2) is 60.2 Å². The Kier molecular flexibility index (Phi) is 5.68. The summed E-state index contributed by atoms with van der Waals surface area (Å²) in [6.07, 6.45) is -0.301. The maximum Gasteiger partial charge on any atom is 0.305 e. The van der Waals surface area contributed by atoms with Crippen molar-refractivity contribution < 1.29 is 24.6 Å². The minimum absolute atomic E-state index is 0.0378. The van der Waals surface area contributed by atoms with E-state index >= 15 is 0 Å². The highest BCUT2D eigenvalue weighted by molar-refractivity contribution is 6.46. The molecule has 1 saturated heterocycles. The monoisotopic (exact) mass is 394 g/mol. The normalized spacial score (nSPS) is 18.1. The van der Waals surface area contributed by atoms with E-state index in [2.05, 4.69) is 0 Å². The predicted molar refractivity (Wildman–Crippen MR) is 108 cm³/mol. The molecule has 150 valence electrons. The second kappa shape index (κ2) is 8.18. The smallest absolute Gasteiger partial charge is 0.305 e. The van der Waals surface area contributed by atoms with Gasteiger partial charge in [-0.2, -0.15) is 0 Å². The summed E-state index contributed by atoms with van der Waals surface area (Å²) in [5.74, 6) is -2.98. The number of anilines is 1. The van der Waals surface area contributed by atoms with Crippen LogP contribution in [-0.2, 0) is 14.4 Å². The van der Waals surface area contributed by atoms with Crippen LogP contribution in [0, 0.1) is 0 Å². The van der Waals surface area contributed by atoms with Crippen LogP contribution in [0.4, 0.5) is 5.69 Å². The van der Waals surface area contributed by atoms with E-state index < -0.39 is 23.7 Å². The van der Waals surface area contributed by atoms with Crippen molar-refractivity contribution in [2.75, 3.05) is 25.5 Å². The molecule has 7 heteroatoms. The molecule has 0 saturated carbocycles. The SMILES string of the molecule is CN(C)c1ccc(C2/C(=C(\O)c3ccccc3)C(=O)C(=O)N2CCC(=O)O)cc1. The molecule has 0 radical (unpaired) electrons. The van der Waals surface area contributed by atoms with Crippen LogP contribution in [0.3, 0.4) is 0 Å². The van der Waals surface area contributed by atoms with Gasteiger partial charge >= 0.3 is 5.97 Å². The highest BCUT2D eigenvalue weighted by Crippen LogP contribution is 2.39. The average Bonchev–Trinajstić information content (AvgIpc) is 2.97. The van der Waals surface area contributed by atoms with E-state index in [0.717, 1.165) is 5.69 Å². The minimum atomic E-state index is -1.07. The van der Waals surface area contributed by atoms with Gasteiger partial charge < -0.3 is 20.0 Å². The number of amides is 1. The number of likely N-dealkylation sites (tertiary alicyclic amines) is 1. The zero-order chi connectivity index (χ0) is 21.1. The van der Waals surface area contributed by atoms with E-state index in [9.17, 15) is 19.5 Å². The number of rotatable bonds is 6. The molecule has 1 fully saturated rings. The molecule has 0 bridgehead atoms. The second-order valence-electron chi connectivity index (χ2n) is 6.99. The number of hydrogen-bond donors (Lipinski definition) is 2. The lowest BCUT2D eigenvalue weighted by atomic mass is 9.95. The van der Waals surface area contributed by atoms with E-state index in [1.54, 1.807) is 42.5 Å². The fraction of sp³-hybridized carbons (Fsp3) is 0.227. The van der Waals surface area contributed by atoms with E-state index in [0.29, 0.717) is 11.1 Å². The lowest BCUT2D eigenvalue weighted by Crippen LogP contribution is -2.31. The molecule has 1 aliphatic rings. The standard InChI is InChI=1S/C22H22N2O5/c1-23(2)16-10-8-14(9-11-16)19-18(20(27)15-6-4-3-5-7-15)21(28)22(29)24(19)13-12-17(25)26/h3-11,19,27H,12-13H2,1-2H3,(H,25,26)/b20-18+. The first-order valence-corrected chi connectivity index (χ1v) is 9.14. The first-order chi connectivity index (χ1) is 13.8. The van der Waals surface area contributed by atoms with Crippen LogP contribution < -0.4 is 4.90 Å². The predicted octanol–water partition coefficient (Wildman–Crippen LogP) is 2.65. The first kappa shape index (κ1) is 20.1. The summed E-state index contributed by atoms with van der Waals surface area (Å²) in [7, 11) is 3.78. The fourth-order valence-corrected chi connectivity index (χ4v) is 3.38. The molecule has 3 rings (SSSR count). The van der Waals surface area contributed by atoms with E-state index in [1.165, 1.54) is 4.90 Å². The molecule has 1 heterocycles. The summed E-state index contributed by atoms with van der Waals surface area (Å²) < 4.78 is 0. The third kappa shape index (κ3) is 3.99. The molecule has 1 aliphatic heterocycles. The van der Waals surface area contributed by atoms with Gasteiger partial charge in [-0.1, -0.05) is 42.5 Å². The molecule has 2 N–H and O–H groups in total. The number of carbonyl (C=O) groups is 3. The molecular formula is C22H22N2O5. The Labute approximate surface area is 168 Å². The number of Topliss-reactive ketones (excluding diaryl/α,β-unsaturated/α-hetero) is 1. The molecule has 1 amide bonds. The van der Waals surface area contributed by atoms with Crippen molar-refractivity contribution in [1.29, 1.82) is 0 Å². The highest BCUT2D eigenvalue weighted by Gasteiger charge is 2.46. The third-order valence-corrected chi connectivity index (χ3v) is 4.88. The second-order valence-corrected chi connectivity index (χ2v) is 6.99. The Morgan fingerprint density at radius 2 is 1.62 bits per heavy atom. The summed E-state index contributed by atoms with van der Waals surface area (Å²) in [4.78, 5) is 39.6. The van der Waals surface area contributed by atoms with Crippen LogP contribution in [-0.4, -0.2) is 53.4 Å². The molecular weight excluding hydrogens is 372 g/mol. The number of nitrogens with zero attached hydrogens (tertiary/aromatic N) is 2. The Morgan fingerprint density at radius 3 is 2.17 bits per heavy atom. The number of carboxylic acid groups (broad SMARTS) is 1. The van der Waals surface area contributed by atoms with Gasteiger partial charge in [0.1, 0.15) is 5.76 Å². The molecule has 1 atom stereocenters. The number of carbonyl (C=O) groups excluding carboxylic acids is 2. The number of benzene rings is 2. The molecule has 0 aliphatic carbocycles. The van der Waals surface area contributed by atoms with Gasteiger partial charge in [0.15, 0.2) is 0 Å². The van der Waals surface area contributed by atoms with E-state index in [1.807, 2.05) is 31.1 Å². The molecule has 0 aromatic heterocycles. The van der Waals surface area contributed by atoms with Gasteiger partial charge in [-0.15, -0.1) is 0 Å². The van der Waals surface area contributed by atoms with Crippen molar-refractivity contribution in [1.82, 2.24) is 4.90 Å². The van der Waals surface area contributed by atoms with Gasteiger partial charge in [0.2, 0.25) is 0 Å². The molecule has 1 unspecified atom stereocenters. The van der Waals surface area contributed by atoms with Crippen molar-refractivity contribution in [2.45, 2.75) is 12.5 Å². The summed E-state index contributed by atoms with van der Waals surface area (Å²) in [6.45, 7) is -0.133. The topological polar surface area (TPSA) is 98.2 Å². The van der Waals surface area contributed by atoms with Crippen LogP contribution in [0.1, 0.15) is 23.6 Å². The molecule has 2 aromatic carbocycles. The van der Waals surface area contributed by atoms with Crippen LogP contribution in [0.5, 0.6) is 0 Å². The molecule has 0 spiro atoms. The molecule has 7 nitrogen and oxygen atoms in total. The van der Waals surface area contributed by atoms with Gasteiger partial charge in [-0.05, 0) is 17.7 Å². The number of hydrogen-bond acceptors (Lipinski definition) is 5. The minimum Gasteiger partial charge on any atom is -0.507 e. The zero-order valence-electron chi connectivity index (χ0n) is 16.2. The van der Waals surface area contributed by atoms with Crippen LogP contribution >= 0.6 is 0 Å². The van der Waals surface area contributed by atoms with E-state index in [-0.39, 0.29) is 24.3 Å². The third-order valence-electron chi connectivity index (χ3n) is 4.88. The Hall–Kier alpha value is -3.61. The Bertz CT molecular complexity index is 964. The zero-order valence-corrected chi connectivity index (χ0v) is 16.2. The summed E-state index contributed by atoms with van der Waals surface area (Å²) in [6, 6.07) is 14.9. The Morgan fingerprint density at radius 1 is 1.00 bits per heavy atom. The summed E-state index contributed by atoms with van der Waals surface area (Å²) >= 11 is 0. The summed E-state index contributed by atoms with van der Waals surface area (Å²) in [5, 5.41) is 19.9. The van der Waals surface area contributed by atoms with Crippen molar-refractivity contribution >= 4 is 29.1 Å². The lowest BCUT2D eigenvalue weighted by Gasteiger charge is -2.25. The van der Waals surface area contributed by atoms with Gasteiger partial charge in [0.25, 0.3) is 11.7 Å². The van der Waals surface area contributed by atoms with Gasteiger partial charge in [-0.25, -0.2) is 0 Å². The lowest BCUT2D eigenvalue weighted by molar-refractivity contribution is -0.142. The number of carboxylic acids is 1. The Balaban J connectivity index is 2.13. The molecule has 2 aromatic rings. The van der Waals surface area contributed by atoms with Crippen molar-refractivity contribution in [3.63, 3.8) is 0 Å². The highest BCUT2D eigenvalue weighted by atomic mass is 16.4. The van der Waals surface area contributed by atoms with Gasteiger partial charge in [0.05, 0.1) is 18.0 Å². The van der Waals surface area contributed by atoms with Gasteiger partial charge in [0, 0.05) is 31.9 Å². The number of aliphatic carboxylic acids is 1. The number of aliphatic hydroxyl groups is 1. The fourth-order valence-electron chi connectivity index (χ4n) is 3.38. The first-order valence-electron chi connectivity index (χ1n) is 9.14. The quantitative estimate of drug-likeness (QED) is 0.444. The largest absolute Gasteiger partial charge is 0.507 e. The maximum absolute atomic E-state index is 12.8. The number of ketones is 1. The van der Waals surface area contributed by atoms with Crippen molar-refractivity contribution in [2.24, 2.45) is 0 Å². The van der Waals surface area contributed by atoms with Crippen molar-refractivity contribution in [3.8, 4) is 0 Å². The van der Waals surface area contributed by atoms with Gasteiger partial charge in [-0.3, -0.25) is 14.4 Å². The van der Waals surface area contributed by atoms with Crippen LogP contribution in [0.25, 0.3) is 5.76 Å². The average molecular weight is 394 g/mol. The van der Waals surface area contributed by atoms with Crippen LogP contribution in [0.2, 0.25) is 0 Å². The van der Waals surface area contributed by atoms with E-state index in [4.69, 9.17) is 5.11 Å².